The molecule has 14 heavy (non-hydrogen) atoms. The number of hydrogen-bond donors (Lipinski definition) is 2. The van der Waals surface area contributed by atoms with Gasteiger partial charge in [0.15, 0.2) is 0 Å². The quantitative estimate of drug-likeness (QED) is 0.642. The topological polar surface area (TPSA) is 44.4 Å². The molecule has 80 valence electrons. The summed E-state index contributed by atoms with van der Waals surface area (Å²) in [5.41, 5.74) is 0. The van der Waals surface area contributed by atoms with Gasteiger partial charge in [0.05, 0.1) is 6.54 Å². The van der Waals surface area contributed by atoms with Gasteiger partial charge in [-0.3, -0.25) is 9.69 Å². The van der Waals surface area contributed by atoms with Crippen LogP contribution in [-0.4, -0.2) is 49.6 Å². The maximum atomic E-state index is 11.4. The Morgan fingerprint density at radius 1 is 1.57 bits per heavy atom. The maximum Gasteiger partial charge on any atom is 0.234 e. The van der Waals surface area contributed by atoms with Crippen LogP contribution < -0.4 is 10.6 Å². The average Bonchev–Trinajstić information content (AvgIpc) is 2.97. The average molecular weight is 197 g/mol. The third-order valence-corrected chi connectivity index (χ3v) is 2.97. The molecule has 2 rings (SSSR count). The van der Waals surface area contributed by atoms with Crippen LogP contribution in [0.3, 0.4) is 0 Å². The van der Waals surface area contributed by atoms with Crippen molar-refractivity contribution in [1.29, 1.82) is 0 Å². The molecule has 0 radical (unpaired) electrons. The molecule has 2 N–H and O–H groups in total. The Kier molecular flexibility index (Phi) is 3.03. The molecule has 1 saturated carbocycles. The number of carbonyl (C=O) groups is 1. The SMILES string of the molecule is CNCCC1CN(C2CC2)CC(=O)N1. The van der Waals surface area contributed by atoms with Crippen molar-refractivity contribution in [3.63, 3.8) is 0 Å². The van der Waals surface area contributed by atoms with E-state index in [4.69, 9.17) is 0 Å². The minimum Gasteiger partial charge on any atom is -0.351 e. The third kappa shape index (κ3) is 2.45. The van der Waals surface area contributed by atoms with Gasteiger partial charge in [0.1, 0.15) is 0 Å². The number of nitrogens with zero attached hydrogens (tertiary/aromatic N) is 1. The molecular formula is C10H19N3O. The van der Waals surface area contributed by atoms with E-state index in [1.54, 1.807) is 0 Å². The van der Waals surface area contributed by atoms with Gasteiger partial charge >= 0.3 is 0 Å². The van der Waals surface area contributed by atoms with Crippen molar-refractivity contribution in [2.45, 2.75) is 31.3 Å². The second kappa shape index (κ2) is 4.28. The standard InChI is InChI=1S/C10H19N3O/c1-11-5-4-8-6-13(9-2-3-9)7-10(14)12-8/h8-9,11H,2-7H2,1H3,(H,12,14). The van der Waals surface area contributed by atoms with Crippen LogP contribution in [0.15, 0.2) is 0 Å². The van der Waals surface area contributed by atoms with Crippen LogP contribution in [-0.2, 0) is 4.79 Å². The number of piperazine rings is 1. The third-order valence-electron chi connectivity index (χ3n) is 2.97. The van der Waals surface area contributed by atoms with Crippen molar-refractivity contribution in [2.75, 3.05) is 26.7 Å². The Balaban J connectivity index is 1.82. The molecule has 2 fully saturated rings. The van der Waals surface area contributed by atoms with E-state index in [9.17, 15) is 4.79 Å². The lowest BCUT2D eigenvalue weighted by molar-refractivity contribution is -0.125. The predicted octanol–water partition coefficient (Wildman–Crippen LogP) is -0.441. The molecule has 1 saturated heterocycles. The summed E-state index contributed by atoms with van der Waals surface area (Å²) in [5.74, 6) is 0.198. The van der Waals surface area contributed by atoms with Gasteiger partial charge in [-0.2, -0.15) is 0 Å². The molecule has 1 heterocycles. The molecule has 0 bridgehead atoms. The summed E-state index contributed by atoms with van der Waals surface area (Å²) in [7, 11) is 1.95. The van der Waals surface area contributed by atoms with E-state index in [2.05, 4.69) is 15.5 Å². The summed E-state index contributed by atoms with van der Waals surface area (Å²) in [6.45, 7) is 2.63. The number of nitrogens with one attached hydrogen (secondary N) is 2. The van der Waals surface area contributed by atoms with E-state index >= 15 is 0 Å². The smallest absolute Gasteiger partial charge is 0.234 e. The number of amides is 1. The van der Waals surface area contributed by atoms with Crippen molar-refractivity contribution in [1.82, 2.24) is 15.5 Å². The summed E-state index contributed by atoms with van der Waals surface area (Å²) in [6, 6.07) is 1.06. The van der Waals surface area contributed by atoms with Crippen LogP contribution in [0.5, 0.6) is 0 Å². The van der Waals surface area contributed by atoms with E-state index in [1.165, 1.54) is 12.8 Å². The fourth-order valence-electron chi connectivity index (χ4n) is 2.05. The fraction of sp³-hybridized carbons (Fsp3) is 0.900. The van der Waals surface area contributed by atoms with Crippen molar-refractivity contribution in [3.05, 3.63) is 0 Å². The molecule has 0 aromatic carbocycles. The first-order valence-corrected chi connectivity index (χ1v) is 5.47. The highest BCUT2D eigenvalue weighted by Crippen LogP contribution is 2.27. The summed E-state index contributed by atoms with van der Waals surface area (Å²) in [6.07, 6.45) is 3.60. The Morgan fingerprint density at radius 3 is 3.00 bits per heavy atom. The highest BCUT2D eigenvalue weighted by molar-refractivity contribution is 5.79. The van der Waals surface area contributed by atoms with Crippen LogP contribution in [0.2, 0.25) is 0 Å². The highest BCUT2D eigenvalue weighted by Gasteiger charge is 2.34. The normalized spacial score (nSPS) is 28.9. The Hall–Kier alpha value is -0.610. The zero-order chi connectivity index (χ0) is 9.97. The van der Waals surface area contributed by atoms with Gasteiger partial charge in [-0.1, -0.05) is 0 Å². The van der Waals surface area contributed by atoms with E-state index in [0.717, 1.165) is 19.5 Å². The van der Waals surface area contributed by atoms with Crippen LogP contribution in [0.25, 0.3) is 0 Å². The lowest BCUT2D eigenvalue weighted by atomic mass is 10.1. The second-order valence-electron chi connectivity index (χ2n) is 4.32. The summed E-state index contributed by atoms with van der Waals surface area (Å²) < 4.78 is 0. The molecule has 1 aliphatic carbocycles. The number of carbonyl (C=O) groups excluding carboxylic acids is 1. The van der Waals surface area contributed by atoms with Crippen LogP contribution in [0.1, 0.15) is 19.3 Å². The van der Waals surface area contributed by atoms with Crippen molar-refractivity contribution in [3.8, 4) is 0 Å². The van der Waals surface area contributed by atoms with Gasteiger partial charge in [0.25, 0.3) is 0 Å². The molecular weight excluding hydrogens is 178 g/mol. The minimum absolute atomic E-state index is 0.198. The summed E-state index contributed by atoms with van der Waals surface area (Å²) in [4.78, 5) is 13.7. The first-order valence-electron chi connectivity index (χ1n) is 5.47. The van der Waals surface area contributed by atoms with Gasteiger partial charge in [0.2, 0.25) is 5.91 Å². The predicted molar refractivity (Wildman–Crippen MR) is 55.1 cm³/mol. The van der Waals surface area contributed by atoms with E-state index < -0.39 is 0 Å². The van der Waals surface area contributed by atoms with Crippen molar-refractivity contribution < 1.29 is 4.79 Å². The lowest BCUT2D eigenvalue weighted by Gasteiger charge is -2.33. The molecule has 0 aromatic rings. The summed E-state index contributed by atoms with van der Waals surface area (Å²) >= 11 is 0. The van der Waals surface area contributed by atoms with Crippen molar-refractivity contribution in [2.24, 2.45) is 0 Å². The Bertz CT molecular complexity index is 215. The molecule has 1 atom stereocenters. The molecule has 4 heteroatoms. The zero-order valence-corrected chi connectivity index (χ0v) is 8.75. The molecule has 4 nitrogen and oxygen atoms in total. The van der Waals surface area contributed by atoms with E-state index in [1.807, 2.05) is 7.05 Å². The maximum absolute atomic E-state index is 11.4. The number of hydrogen-bond acceptors (Lipinski definition) is 3. The second-order valence-corrected chi connectivity index (χ2v) is 4.32. The van der Waals surface area contributed by atoms with Gasteiger partial charge in [0, 0.05) is 18.6 Å². The minimum atomic E-state index is 0.198. The van der Waals surface area contributed by atoms with Crippen LogP contribution >= 0.6 is 0 Å². The van der Waals surface area contributed by atoms with Crippen LogP contribution in [0.4, 0.5) is 0 Å². The first-order chi connectivity index (χ1) is 6.79. The van der Waals surface area contributed by atoms with Gasteiger partial charge in [-0.05, 0) is 32.9 Å². The summed E-state index contributed by atoms with van der Waals surface area (Å²) in [5, 5.41) is 6.16. The monoisotopic (exact) mass is 197 g/mol. The highest BCUT2D eigenvalue weighted by atomic mass is 16.2. The molecule has 0 spiro atoms. The largest absolute Gasteiger partial charge is 0.351 e. The molecule has 1 amide bonds. The fourth-order valence-corrected chi connectivity index (χ4v) is 2.05. The number of rotatable bonds is 4. The van der Waals surface area contributed by atoms with Crippen LogP contribution in [0, 0.1) is 0 Å². The molecule has 2 aliphatic rings. The van der Waals surface area contributed by atoms with E-state index in [0.29, 0.717) is 18.6 Å². The van der Waals surface area contributed by atoms with Crippen molar-refractivity contribution >= 4 is 5.91 Å². The van der Waals surface area contributed by atoms with E-state index in [-0.39, 0.29) is 5.91 Å². The molecule has 0 aromatic heterocycles. The zero-order valence-electron chi connectivity index (χ0n) is 8.75. The van der Waals surface area contributed by atoms with Gasteiger partial charge in [-0.15, -0.1) is 0 Å². The lowest BCUT2D eigenvalue weighted by Crippen LogP contribution is -2.55. The molecule has 1 unspecified atom stereocenters. The first kappa shape index (κ1) is 9.93. The Morgan fingerprint density at radius 2 is 2.36 bits per heavy atom. The van der Waals surface area contributed by atoms with Gasteiger partial charge in [-0.25, -0.2) is 0 Å². The Labute approximate surface area is 85.0 Å². The van der Waals surface area contributed by atoms with Gasteiger partial charge < -0.3 is 10.6 Å². The molecule has 1 aliphatic heterocycles.